The predicted octanol–water partition coefficient (Wildman–Crippen LogP) is 6.29. The number of imide groups is 1. The standard InChI is InChI=1S/C25H46N4O3.C9H10O.C2H2/c1-4-6-8-9-10-11-17-27(16-7-5-2)24(31)21-29-18-12-13-22(29)14-19-28-20-15-23(30)26(3)25(28)32;1-7-2-3-9-8(6-7)4-5-10-9;1-2/h22H,4-21H2,1-3H3;2-3,6H,4-5H2,1H3;1-2H/t22-;;/m1../s1. The van der Waals surface area contributed by atoms with Gasteiger partial charge >= 0.3 is 6.03 Å². The van der Waals surface area contributed by atoms with E-state index in [4.69, 9.17) is 4.74 Å². The van der Waals surface area contributed by atoms with E-state index in [1.54, 1.807) is 11.9 Å². The first-order valence-corrected chi connectivity index (χ1v) is 17.0. The molecule has 2 fully saturated rings. The van der Waals surface area contributed by atoms with Crippen LogP contribution in [0, 0.1) is 19.8 Å². The highest BCUT2D eigenvalue weighted by atomic mass is 16.5. The zero-order valence-corrected chi connectivity index (χ0v) is 28.0. The van der Waals surface area contributed by atoms with Crippen molar-refractivity contribution in [1.29, 1.82) is 0 Å². The van der Waals surface area contributed by atoms with E-state index in [1.807, 2.05) is 0 Å². The van der Waals surface area contributed by atoms with E-state index in [0.717, 1.165) is 76.9 Å². The van der Waals surface area contributed by atoms with Crippen molar-refractivity contribution in [3.8, 4) is 18.6 Å². The molecule has 0 aliphatic carbocycles. The summed E-state index contributed by atoms with van der Waals surface area (Å²) in [6.45, 7) is 11.8. The second kappa shape index (κ2) is 20.8. The summed E-state index contributed by atoms with van der Waals surface area (Å²) in [6.07, 6.45) is 22.2. The largest absolute Gasteiger partial charge is 0.493 e. The van der Waals surface area contributed by atoms with E-state index in [0.29, 0.717) is 32.1 Å². The zero-order valence-electron chi connectivity index (χ0n) is 28.0. The lowest BCUT2D eigenvalue weighted by atomic mass is 10.1. The van der Waals surface area contributed by atoms with Gasteiger partial charge in [0.05, 0.1) is 13.2 Å². The number of benzene rings is 1. The average molecular weight is 611 g/mol. The van der Waals surface area contributed by atoms with Crippen LogP contribution in [0.2, 0.25) is 0 Å². The van der Waals surface area contributed by atoms with Crippen molar-refractivity contribution < 1.29 is 19.1 Å². The number of carbonyl (C=O) groups is 3. The molecule has 44 heavy (non-hydrogen) atoms. The van der Waals surface area contributed by atoms with E-state index < -0.39 is 0 Å². The van der Waals surface area contributed by atoms with Gasteiger partial charge in [0.1, 0.15) is 5.75 Å². The predicted molar refractivity (Wildman–Crippen MR) is 179 cm³/mol. The van der Waals surface area contributed by atoms with Crippen LogP contribution < -0.4 is 4.74 Å². The second-order valence-corrected chi connectivity index (χ2v) is 12.2. The van der Waals surface area contributed by atoms with Crippen LogP contribution in [-0.2, 0) is 16.0 Å². The highest BCUT2D eigenvalue weighted by Gasteiger charge is 2.32. The van der Waals surface area contributed by atoms with Gasteiger partial charge in [-0.3, -0.25) is 19.4 Å². The Morgan fingerprint density at radius 3 is 2.43 bits per heavy atom. The minimum atomic E-state index is -0.188. The maximum atomic E-state index is 13.1. The summed E-state index contributed by atoms with van der Waals surface area (Å²) in [5.74, 6) is 1.24. The smallest absolute Gasteiger partial charge is 0.326 e. The molecule has 1 atom stereocenters. The number of ether oxygens (including phenoxy) is 1. The zero-order chi connectivity index (χ0) is 32.3. The Morgan fingerprint density at radius 2 is 1.68 bits per heavy atom. The first-order chi connectivity index (χ1) is 21.3. The number of nitrogens with zero attached hydrogens (tertiary/aromatic N) is 4. The molecule has 2 saturated heterocycles. The third-order valence-corrected chi connectivity index (χ3v) is 8.86. The fourth-order valence-corrected chi connectivity index (χ4v) is 6.14. The molecule has 0 N–H and O–H groups in total. The Labute approximate surface area is 267 Å². The molecule has 0 radical (unpaired) electrons. The molecule has 4 amide bonds. The SMILES string of the molecule is C#C.CCCCCCCCN(CCCC)C(=O)CN1CCC[C@@H]1CCN1CCC(=O)N(C)C1=O.Cc1ccc2c(c1)CCO2. The van der Waals surface area contributed by atoms with Gasteiger partial charge in [0, 0.05) is 52.1 Å². The first-order valence-electron chi connectivity index (χ1n) is 17.0. The summed E-state index contributed by atoms with van der Waals surface area (Å²) in [6, 6.07) is 6.49. The molecular formula is C36H58N4O4. The van der Waals surface area contributed by atoms with Crippen LogP contribution in [0.5, 0.6) is 5.75 Å². The number of fused-ring (bicyclic) bond motifs is 1. The van der Waals surface area contributed by atoms with Gasteiger partial charge in [-0.05, 0) is 57.2 Å². The van der Waals surface area contributed by atoms with E-state index >= 15 is 0 Å². The normalized spacial score (nSPS) is 17.7. The number of carbonyl (C=O) groups excluding carboxylic acids is 3. The number of rotatable bonds is 15. The summed E-state index contributed by atoms with van der Waals surface area (Å²) >= 11 is 0. The summed E-state index contributed by atoms with van der Waals surface area (Å²) in [4.78, 5) is 44.6. The summed E-state index contributed by atoms with van der Waals surface area (Å²) < 4.78 is 5.35. The molecule has 0 spiro atoms. The van der Waals surface area contributed by atoms with Gasteiger partial charge in [-0.15, -0.1) is 12.8 Å². The van der Waals surface area contributed by atoms with Crippen molar-refractivity contribution in [3.05, 3.63) is 29.3 Å². The van der Waals surface area contributed by atoms with Crippen LogP contribution in [0.1, 0.15) is 102 Å². The Kier molecular flexibility index (Phi) is 17.6. The molecule has 4 rings (SSSR count). The van der Waals surface area contributed by atoms with E-state index in [2.05, 4.69) is 61.6 Å². The van der Waals surface area contributed by atoms with Gasteiger partial charge in [0.2, 0.25) is 11.8 Å². The number of terminal acetylenes is 1. The highest BCUT2D eigenvalue weighted by Crippen LogP contribution is 2.25. The number of hydrogen-bond acceptors (Lipinski definition) is 5. The van der Waals surface area contributed by atoms with Crippen LogP contribution in [0.3, 0.4) is 0 Å². The fourth-order valence-electron chi connectivity index (χ4n) is 6.14. The van der Waals surface area contributed by atoms with Gasteiger partial charge < -0.3 is 14.5 Å². The van der Waals surface area contributed by atoms with Crippen LogP contribution in [0.25, 0.3) is 0 Å². The van der Waals surface area contributed by atoms with E-state index in [-0.39, 0.29) is 17.8 Å². The number of aryl methyl sites for hydroxylation is 1. The number of likely N-dealkylation sites (tertiary alicyclic amines) is 1. The average Bonchev–Trinajstić information content (AvgIpc) is 3.69. The van der Waals surface area contributed by atoms with Crippen molar-refractivity contribution in [2.75, 3.05) is 52.9 Å². The number of hydrogen-bond donors (Lipinski definition) is 0. The molecule has 0 bridgehead atoms. The Hall–Kier alpha value is -3.05. The summed E-state index contributed by atoms with van der Waals surface area (Å²) in [5, 5.41) is 0. The van der Waals surface area contributed by atoms with Crippen molar-refractivity contribution in [2.24, 2.45) is 0 Å². The molecule has 0 unspecified atom stereocenters. The van der Waals surface area contributed by atoms with Gasteiger partial charge in [-0.25, -0.2) is 4.79 Å². The minimum absolute atomic E-state index is 0.100. The monoisotopic (exact) mass is 610 g/mol. The molecule has 3 aliphatic rings. The van der Waals surface area contributed by atoms with Crippen LogP contribution in [0.4, 0.5) is 4.79 Å². The molecule has 3 aliphatic heterocycles. The van der Waals surface area contributed by atoms with Gasteiger partial charge in [-0.2, -0.15) is 0 Å². The lowest BCUT2D eigenvalue weighted by Crippen LogP contribution is -2.51. The maximum Gasteiger partial charge on any atom is 0.326 e. The van der Waals surface area contributed by atoms with E-state index in [9.17, 15) is 14.4 Å². The quantitative estimate of drug-likeness (QED) is 0.172. The second-order valence-electron chi connectivity index (χ2n) is 12.2. The number of amides is 4. The maximum absolute atomic E-state index is 13.1. The highest BCUT2D eigenvalue weighted by molar-refractivity contribution is 5.96. The summed E-state index contributed by atoms with van der Waals surface area (Å²) in [5.41, 5.74) is 2.68. The first kappa shape index (κ1) is 37.1. The van der Waals surface area contributed by atoms with Crippen LogP contribution >= 0.6 is 0 Å². The van der Waals surface area contributed by atoms with Crippen molar-refractivity contribution in [2.45, 2.75) is 110 Å². The lowest BCUT2D eigenvalue weighted by molar-refractivity contribution is -0.133. The Bertz CT molecular complexity index is 1040. The Morgan fingerprint density at radius 1 is 0.977 bits per heavy atom. The van der Waals surface area contributed by atoms with Gasteiger partial charge in [0.25, 0.3) is 0 Å². The third kappa shape index (κ3) is 12.1. The molecule has 0 aromatic heterocycles. The summed E-state index contributed by atoms with van der Waals surface area (Å²) in [7, 11) is 1.56. The molecule has 1 aromatic rings. The Balaban J connectivity index is 0.000000465. The molecule has 1 aromatic carbocycles. The number of unbranched alkanes of at least 4 members (excludes halogenated alkanes) is 6. The molecular weight excluding hydrogens is 552 g/mol. The minimum Gasteiger partial charge on any atom is -0.493 e. The molecule has 3 heterocycles. The topological polar surface area (TPSA) is 73.4 Å². The fraction of sp³-hybridized carbons (Fsp3) is 0.694. The molecule has 246 valence electrons. The van der Waals surface area contributed by atoms with Crippen molar-refractivity contribution in [3.63, 3.8) is 0 Å². The lowest BCUT2D eigenvalue weighted by Gasteiger charge is -2.34. The molecule has 8 nitrogen and oxygen atoms in total. The molecule has 0 saturated carbocycles. The van der Waals surface area contributed by atoms with Crippen LogP contribution in [-0.4, -0.2) is 96.4 Å². The van der Waals surface area contributed by atoms with Crippen molar-refractivity contribution >= 4 is 17.8 Å². The van der Waals surface area contributed by atoms with Gasteiger partial charge in [-0.1, -0.05) is 70.1 Å². The van der Waals surface area contributed by atoms with Crippen LogP contribution in [0.15, 0.2) is 18.2 Å². The van der Waals surface area contributed by atoms with Gasteiger partial charge in [0.15, 0.2) is 0 Å². The van der Waals surface area contributed by atoms with E-state index in [1.165, 1.54) is 48.1 Å². The van der Waals surface area contributed by atoms with Crippen molar-refractivity contribution in [1.82, 2.24) is 19.6 Å². The third-order valence-electron chi connectivity index (χ3n) is 8.86. The number of urea groups is 1. The molecule has 8 heteroatoms.